The van der Waals surface area contributed by atoms with E-state index >= 15 is 0 Å². The Hall–Kier alpha value is -3.15. The topological polar surface area (TPSA) is 78.9 Å². The van der Waals surface area contributed by atoms with Crippen molar-refractivity contribution in [2.75, 3.05) is 13.7 Å². The van der Waals surface area contributed by atoms with Crippen LogP contribution in [-0.4, -0.2) is 37.2 Å². The Balaban J connectivity index is 1.49. The first-order valence-corrected chi connectivity index (χ1v) is 12.3. The van der Waals surface area contributed by atoms with Gasteiger partial charge in [0.2, 0.25) is 0 Å². The zero-order valence-electron chi connectivity index (χ0n) is 21.2. The molecule has 0 aromatic heterocycles. The number of ether oxygens (including phenoxy) is 3. The number of hydrogen-bond donors (Lipinski definition) is 0. The lowest BCUT2D eigenvalue weighted by Crippen LogP contribution is -2.23. The first-order chi connectivity index (χ1) is 16.7. The molecule has 1 aliphatic carbocycles. The van der Waals surface area contributed by atoms with Crippen LogP contribution in [-0.2, 0) is 28.6 Å². The number of esters is 3. The van der Waals surface area contributed by atoms with Gasteiger partial charge in [-0.15, -0.1) is 0 Å². The predicted molar refractivity (Wildman–Crippen MR) is 134 cm³/mol. The van der Waals surface area contributed by atoms with Crippen LogP contribution in [0.4, 0.5) is 0 Å². The van der Waals surface area contributed by atoms with Gasteiger partial charge in [-0.1, -0.05) is 61.4 Å². The minimum Gasteiger partial charge on any atom is -0.469 e. The average Bonchev–Trinajstić information content (AvgIpc) is 3.14. The number of unbranched alkanes of at least 4 members (excludes halogenated alkanes) is 2. The Bertz CT molecular complexity index is 990. The highest BCUT2D eigenvalue weighted by Gasteiger charge is 2.30. The first-order valence-electron chi connectivity index (χ1n) is 12.3. The van der Waals surface area contributed by atoms with Gasteiger partial charge in [-0.3, -0.25) is 14.4 Å². The lowest BCUT2D eigenvalue weighted by molar-refractivity contribution is -0.155. The van der Waals surface area contributed by atoms with Crippen LogP contribution in [0.3, 0.4) is 0 Å². The number of hydrogen-bond acceptors (Lipinski definition) is 6. The second kappa shape index (κ2) is 12.0. The summed E-state index contributed by atoms with van der Waals surface area (Å²) < 4.78 is 15.9. The van der Waals surface area contributed by atoms with Gasteiger partial charge in [-0.05, 0) is 55.9 Å². The molecule has 0 saturated carbocycles. The van der Waals surface area contributed by atoms with Crippen LogP contribution in [0.2, 0.25) is 0 Å². The Morgan fingerprint density at radius 1 is 0.857 bits per heavy atom. The molecule has 0 unspecified atom stereocenters. The standard InChI is InChI=1S/C29H36O6/c1-29(2,3)35-26(30)17-7-5-6-12-20(28(32)33-4)18-27(31)34-19-25-23-15-10-8-13-21(23)22-14-9-11-16-24(22)25/h8-11,13-16,20,25H,5-7,12,17-19H2,1-4H3/t20-/m1/s1. The van der Waals surface area contributed by atoms with E-state index in [0.717, 1.165) is 17.5 Å². The third kappa shape index (κ3) is 7.41. The molecule has 0 saturated heterocycles. The van der Waals surface area contributed by atoms with E-state index in [4.69, 9.17) is 14.2 Å². The number of carbonyl (C=O) groups excluding carboxylic acids is 3. The number of carbonyl (C=O) groups is 3. The van der Waals surface area contributed by atoms with Gasteiger partial charge >= 0.3 is 17.9 Å². The summed E-state index contributed by atoms with van der Waals surface area (Å²) in [5, 5.41) is 0. The summed E-state index contributed by atoms with van der Waals surface area (Å²) in [6.07, 6.45) is 2.97. The Kier molecular flexibility index (Phi) is 9.07. The number of benzene rings is 2. The van der Waals surface area contributed by atoms with Gasteiger partial charge in [0, 0.05) is 12.3 Å². The van der Waals surface area contributed by atoms with E-state index in [2.05, 4.69) is 24.3 Å². The zero-order chi connectivity index (χ0) is 25.4. The summed E-state index contributed by atoms with van der Waals surface area (Å²) in [6, 6.07) is 16.3. The predicted octanol–water partition coefficient (Wildman–Crippen LogP) is 5.81. The van der Waals surface area contributed by atoms with Gasteiger partial charge in [0.05, 0.1) is 19.4 Å². The second-order valence-corrected chi connectivity index (χ2v) is 10.0. The first kappa shape index (κ1) is 26.5. The maximum Gasteiger partial charge on any atom is 0.309 e. The smallest absolute Gasteiger partial charge is 0.309 e. The summed E-state index contributed by atoms with van der Waals surface area (Å²) in [4.78, 5) is 36.8. The number of rotatable bonds is 11. The average molecular weight is 481 g/mol. The molecule has 1 aliphatic rings. The number of methoxy groups -OCH3 is 1. The summed E-state index contributed by atoms with van der Waals surface area (Å²) in [6.45, 7) is 5.76. The van der Waals surface area contributed by atoms with Gasteiger partial charge in [0.25, 0.3) is 0 Å². The van der Waals surface area contributed by atoms with Crippen LogP contribution in [0, 0.1) is 5.92 Å². The van der Waals surface area contributed by atoms with Crippen LogP contribution in [0.15, 0.2) is 48.5 Å². The molecule has 0 heterocycles. The van der Waals surface area contributed by atoms with Crippen molar-refractivity contribution in [2.45, 2.75) is 70.8 Å². The van der Waals surface area contributed by atoms with Gasteiger partial charge in [0.15, 0.2) is 0 Å². The normalized spacial score (nSPS) is 13.5. The molecule has 0 N–H and O–H groups in total. The molecule has 3 rings (SSSR count). The van der Waals surface area contributed by atoms with E-state index < -0.39 is 23.5 Å². The van der Waals surface area contributed by atoms with Crippen molar-refractivity contribution in [1.29, 1.82) is 0 Å². The van der Waals surface area contributed by atoms with E-state index in [0.29, 0.717) is 25.7 Å². The lowest BCUT2D eigenvalue weighted by Gasteiger charge is -2.19. The zero-order valence-corrected chi connectivity index (χ0v) is 21.2. The molecule has 35 heavy (non-hydrogen) atoms. The minimum absolute atomic E-state index is 0.0178. The highest BCUT2D eigenvalue weighted by molar-refractivity contribution is 5.81. The molecule has 0 aliphatic heterocycles. The van der Waals surface area contributed by atoms with Crippen molar-refractivity contribution < 1.29 is 28.6 Å². The van der Waals surface area contributed by atoms with E-state index in [1.165, 1.54) is 18.2 Å². The molecule has 2 aromatic rings. The number of fused-ring (bicyclic) bond motifs is 3. The molecule has 0 fully saturated rings. The fraction of sp³-hybridized carbons (Fsp3) is 0.483. The van der Waals surface area contributed by atoms with Crippen molar-refractivity contribution in [2.24, 2.45) is 5.92 Å². The molecular weight excluding hydrogens is 444 g/mol. The largest absolute Gasteiger partial charge is 0.469 e. The van der Waals surface area contributed by atoms with Crippen molar-refractivity contribution in [3.05, 3.63) is 59.7 Å². The van der Waals surface area contributed by atoms with Crippen LogP contribution < -0.4 is 0 Å². The molecule has 6 nitrogen and oxygen atoms in total. The van der Waals surface area contributed by atoms with Crippen LogP contribution in [0.5, 0.6) is 0 Å². The molecule has 1 atom stereocenters. The highest BCUT2D eigenvalue weighted by Crippen LogP contribution is 2.44. The Labute approximate surface area is 208 Å². The fourth-order valence-electron chi connectivity index (χ4n) is 4.58. The Morgan fingerprint density at radius 3 is 2.03 bits per heavy atom. The van der Waals surface area contributed by atoms with E-state index in [1.807, 2.05) is 45.0 Å². The van der Waals surface area contributed by atoms with E-state index in [1.54, 1.807) is 0 Å². The quantitative estimate of drug-likeness (QED) is 0.229. The molecule has 6 heteroatoms. The monoisotopic (exact) mass is 480 g/mol. The summed E-state index contributed by atoms with van der Waals surface area (Å²) in [7, 11) is 1.33. The maximum absolute atomic E-state index is 12.7. The second-order valence-electron chi connectivity index (χ2n) is 10.0. The summed E-state index contributed by atoms with van der Waals surface area (Å²) >= 11 is 0. The van der Waals surface area contributed by atoms with Gasteiger partial charge < -0.3 is 14.2 Å². The van der Waals surface area contributed by atoms with Crippen molar-refractivity contribution in [3.8, 4) is 11.1 Å². The van der Waals surface area contributed by atoms with Crippen LogP contribution >= 0.6 is 0 Å². The molecular formula is C29H36O6. The third-order valence-corrected chi connectivity index (χ3v) is 6.17. The van der Waals surface area contributed by atoms with Gasteiger partial charge in [-0.2, -0.15) is 0 Å². The SMILES string of the molecule is COC(=O)[C@H](CCCCCC(=O)OC(C)(C)C)CC(=O)OCC1c2ccccc2-c2ccccc21. The third-order valence-electron chi connectivity index (χ3n) is 6.17. The van der Waals surface area contributed by atoms with Crippen LogP contribution in [0.25, 0.3) is 11.1 Å². The summed E-state index contributed by atoms with van der Waals surface area (Å²) in [5.74, 6) is -1.62. The molecule has 0 radical (unpaired) electrons. The highest BCUT2D eigenvalue weighted by atomic mass is 16.6. The molecule has 188 valence electrons. The van der Waals surface area contributed by atoms with Gasteiger partial charge in [0.1, 0.15) is 12.2 Å². The molecule has 0 amide bonds. The molecule has 2 aromatic carbocycles. The molecule has 0 bridgehead atoms. The summed E-state index contributed by atoms with van der Waals surface area (Å²) in [5.41, 5.74) is 4.15. The lowest BCUT2D eigenvalue weighted by atomic mass is 9.97. The minimum atomic E-state index is -0.558. The van der Waals surface area contributed by atoms with Crippen molar-refractivity contribution in [1.82, 2.24) is 0 Å². The van der Waals surface area contributed by atoms with Crippen molar-refractivity contribution in [3.63, 3.8) is 0 Å². The maximum atomic E-state index is 12.7. The van der Waals surface area contributed by atoms with E-state index in [9.17, 15) is 14.4 Å². The van der Waals surface area contributed by atoms with Crippen molar-refractivity contribution >= 4 is 17.9 Å². The molecule has 0 spiro atoms. The van der Waals surface area contributed by atoms with E-state index in [-0.39, 0.29) is 24.9 Å². The Morgan fingerprint density at radius 2 is 1.46 bits per heavy atom. The van der Waals surface area contributed by atoms with Crippen LogP contribution in [0.1, 0.15) is 76.3 Å². The van der Waals surface area contributed by atoms with Gasteiger partial charge in [-0.25, -0.2) is 0 Å². The fourth-order valence-corrected chi connectivity index (χ4v) is 4.58.